The van der Waals surface area contributed by atoms with Gasteiger partial charge in [-0.05, 0) is 12.1 Å². The number of rotatable bonds is 2. The molecule has 0 aliphatic rings. The second-order valence-corrected chi connectivity index (χ2v) is 3.85. The molecule has 0 bridgehead atoms. The van der Waals surface area contributed by atoms with E-state index in [1.807, 2.05) is 6.07 Å². The molecule has 0 amide bonds. The average Bonchev–Trinajstić information content (AvgIpc) is 1.85. The highest BCUT2D eigenvalue weighted by atomic mass is 32.3. The van der Waals surface area contributed by atoms with Gasteiger partial charge in [0.1, 0.15) is 16.6 Å². The van der Waals surface area contributed by atoms with Crippen LogP contribution in [0.15, 0.2) is 30.3 Å². The highest BCUT2D eigenvalue weighted by Gasteiger charge is 2.09. The summed E-state index contributed by atoms with van der Waals surface area (Å²) in [5, 5.41) is 0. The molecule has 0 aliphatic carbocycles. The third-order valence-electron chi connectivity index (χ3n) is 0.997. The van der Waals surface area contributed by atoms with Crippen molar-refractivity contribution < 1.29 is 13.3 Å². The van der Waals surface area contributed by atoms with E-state index in [4.69, 9.17) is 13.3 Å². The normalized spacial score (nSPS) is 12.6. The molecular weight excluding hydrogens is 164 g/mol. The van der Waals surface area contributed by atoms with E-state index in [0.717, 1.165) is 0 Å². The molecule has 0 saturated carbocycles. The fourth-order valence-electron chi connectivity index (χ4n) is 0.658. The Morgan fingerprint density at radius 1 is 1.18 bits per heavy atom. The SMILES string of the molecule is CS(O)(O)Oc1ccccc1. The first-order valence-electron chi connectivity index (χ1n) is 3.05. The smallest absolute Gasteiger partial charge is 0.140 e. The molecule has 0 saturated heterocycles. The fourth-order valence-corrected chi connectivity index (χ4v) is 1.13. The molecule has 2 N–H and O–H groups in total. The third-order valence-corrected chi connectivity index (χ3v) is 1.51. The van der Waals surface area contributed by atoms with E-state index < -0.39 is 10.9 Å². The van der Waals surface area contributed by atoms with Crippen molar-refractivity contribution in [1.82, 2.24) is 0 Å². The predicted molar refractivity (Wildman–Crippen MR) is 45.8 cm³/mol. The predicted octanol–water partition coefficient (Wildman–Crippen LogP) is 2.36. The van der Waals surface area contributed by atoms with Gasteiger partial charge >= 0.3 is 0 Å². The molecule has 0 spiro atoms. The topological polar surface area (TPSA) is 49.7 Å². The van der Waals surface area contributed by atoms with Crippen LogP contribution >= 0.6 is 10.9 Å². The van der Waals surface area contributed by atoms with Gasteiger partial charge in [0.2, 0.25) is 0 Å². The van der Waals surface area contributed by atoms with Crippen LogP contribution in [0.25, 0.3) is 0 Å². The molecule has 0 fully saturated rings. The summed E-state index contributed by atoms with van der Waals surface area (Å²) in [7, 11) is -2.88. The van der Waals surface area contributed by atoms with Crippen LogP contribution in [0.5, 0.6) is 5.75 Å². The summed E-state index contributed by atoms with van der Waals surface area (Å²) < 4.78 is 22.6. The lowest BCUT2D eigenvalue weighted by molar-refractivity contribution is 0.390. The highest BCUT2D eigenvalue weighted by molar-refractivity contribution is 8.19. The minimum absolute atomic E-state index is 0.468. The van der Waals surface area contributed by atoms with Gasteiger partial charge in [-0.3, -0.25) is 9.11 Å². The molecule has 0 aliphatic heterocycles. The second kappa shape index (κ2) is 3.13. The molecular formula is C7H10O3S. The molecule has 1 aromatic carbocycles. The van der Waals surface area contributed by atoms with Gasteiger partial charge in [-0.1, -0.05) is 18.2 Å². The fraction of sp³-hybridized carbons (Fsp3) is 0.143. The van der Waals surface area contributed by atoms with Crippen LogP contribution in [0.2, 0.25) is 0 Å². The van der Waals surface area contributed by atoms with Gasteiger partial charge in [-0.25, -0.2) is 0 Å². The Bertz CT molecular complexity index is 217. The zero-order chi connectivity index (χ0) is 8.32. The monoisotopic (exact) mass is 174 g/mol. The van der Waals surface area contributed by atoms with Crippen molar-refractivity contribution in [3.63, 3.8) is 0 Å². The Morgan fingerprint density at radius 3 is 2.18 bits per heavy atom. The summed E-state index contributed by atoms with van der Waals surface area (Å²) in [6.45, 7) is 0. The molecule has 0 heterocycles. The summed E-state index contributed by atoms with van der Waals surface area (Å²) in [6, 6.07) is 8.69. The van der Waals surface area contributed by atoms with Gasteiger partial charge < -0.3 is 4.18 Å². The Hall–Kier alpha value is -0.710. The third kappa shape index (κ3) is 3.27. The standard InChI is InChI=1S/C7H10O3S/c1-11(8,9)10-7-5-3-2-4-6-7/h2-6,8-9H,1H3. The van der Waals surface area contributed by atoms with Gasteiger partial charge in [-0.15, -0.1) is 0 Å². The second-order valence-electron chi connectivity index (χ2n) is 2.16. The van der Waals surface area contributed by atoms with Crippen molar-refractivity contribution in [1.29, 1.82) is 0 Å². The van der Waals surface area contributed by atoms with Crippen LogP contribution in [-0.4, -0.2) is 15.4 Å². The lowest BCUT2D eigenvalue weighted by atomic mass is 10.3. The lowest BCUT2D eigenvalue weighted by Crippen LogP contribution is -2.02. The lowest BCUT2D eigenvalue weighted by Gasteiger charge is -2.21. The first-order valence-corrected chi connectivity index (χ1v) is 4.93. The van der Waals surface area contributed by atoms with Gasteiger partial charge in [0.15, 0.2) is 0 Å². The van der Waals surface area contributed by atoms with Gasteiger partial charge in [0.05, 0.1) is 0 Å². The molecule has 1 aromatic rings. The van der Waals surface area contributed by atoms with Crippen LogP contribution in [0.4, 0.5) is 0 Å². The van der Waals surface area contributed by atoms with E-state index in [1.165, 1.54) is 6.26 Å². The highest BCUT2D eigenvalue weighted by Crippen LogP contribution is 2.35. The first kappa shape index (κ1) is 8.39. The Balaban J connectivity index is 2.66. The van der Waals surface area contributed by atoms with Gasteiger partial charge in [0.25, 0.3) is 0 Å². The molecule has 11 heavy (non-hydrogen) atoms. The van der Waals surface area contributed by atoms with E-state index in [0.29, 0.717) is 5.75 Å². The molecule has 3 nitrogen and oxygen atoms in total. The van der Waals surface area contributed by atoms with Crippen molar-refractivity contribution in [3.8, 4) is 5.75 Å². The first-order chi connectivity index (χ1) is 5.08. The Kier molecular flexibility index (Phi) is 2.38. The quantitative estimate of drug-likeness (QED) is 0.723. The molecule has 0 atom stereocenters. The molecule has 62 valence electrons. The molecule has 0 unspecified atom stereocenters. The number of hydrogen-bond acceptors (Lipinski definition) is 3. The van der Waals surface area contributed by atoms with E-state index in [2.05, 4.69) is 0 Å². The number of para-hydroxylation sites is 1. The molecule has 0 radical (unpaired) electrons. The molecule has 4 heteroatoms. The van der Waals surface area contributed by atoms with Crippen molar-refractivity contribution in [2.75, 3.05) is 6.26 Å². The van der Waals surface area contributed by atoms with Crippen LogP contribution in [0.1, 0.15) is 0 Å². The maximum atomic E-state index is 8.89. The summed E-state index contributed by atoms with van der Waals surface area (Å²) in [5.74, 6) is 0.468. The summed E-state index contributed by atoms with van der Waals surface area (Å²) in [6.07, 6.45) is 1.24. The summed E-state index contributed by atoms with van der Waals surface area (Å²) in [5.41, 5.74) is 0. The van der Waals surface area contributed by atoms with E-state index in [9.17, 15) is 0 Å². The minimum Gasteiger partial charge on any atom is -0.403 e. The van der Waals surface area contributed by atoms with Crippen molar-refractivity contribution in [2.45, 2.75) is 0 Å². The maximum Gasteiger partial charge on any atom is 0.140 e. The summed E-state index contributed by atoms with van der Waals surface area (Å²) >= 11 is 0. The van der Waals surface area contributed by atoms with Gasteiger partial charge in [-0.2, -0.15) is 0 Å². The summed E-state index contributed by atoms with van der Waals surface area (Å²) in [4.78, 5) is 0. The zero-order valence-electron chi connectivity index (χ0n) is 6.10. The minimum atomic E-state index is -2.88. The van der Waals surface area contributed by atoms with Crippen LogP contribution in [0, 0.1) is 0 Å². The average molecular weight is 174 g/mol. The maximum absolute atomic E-state index is 8.89. The largest absolute Gasteiger partial charge is 0.403 e. The van der Waals surface area contributed by atoms with Crippen LogP contribution < -0.4 is 4.18 Å². The molecule has 1 rings (SSSR count). The zero-order valence-corrected chi connectivity index (χ0v) is 6.91. The van der Waals surface area contributed by atoms with Gasteiger partial charge in [0, 0.05) is 6.26 Å². The Labute approximate surface area is 67.2 Å². The van der Waals surface area contributed by atoms with Crippen molar-refractivity contribution in [3.05, 3.63) is 30.3 Å². The van der Waals surface area contributed by atoms with Crippen molar-refractivity contribution >= 4 is 10.9 Å². The van der Waals surface area contributed by atoms with Crippen LogP contribution in [-0.2, 0) is 0 Å². The number of benzene rings is 1. The number of hydrogen-bond donors (Lipinski definition) is 2. The van der Waals surface area contributed by atoms with E-state index in [-0.39, 0.29) is 0 Å². The van der Waals surface area contributed by atoms with Crippen molar-refractivity contribution in [2.24, 2.45) is 0 Å². The molecule has 0 aromatic heterocycles. The van der Waals surface area contributed by atoms with E-state index in [1.54, 1.807) is 24.3 Å². The Morgan fingerprint density at radius 2 is 1.73 bits per heavy atom. The van der Waals surface area contributed by atoms with E-state index >= 15 is 0 Å². The van der Waals surface area contributed by atoms with Crippen LogP contribution in [0.3, 0.4) is 0 Å².